The number of carbonyl (C=O) groups is 2. The second-order valence-corrected chi connectivity index (χ2v) is 16.1. The molecule has 0 saturated carbocycles. The van der Waals surface area contributed by atoms with E-state index in [-0.39, 0.29) is 24.0 Å². The maximum absolute atomic E-state index is 12.7. The fourth-order valence-electron chi connectivity index (χ4n) is 6.65. The maximum atomic E-state index is 12.7. The first-order valence-electron chi connectivity index (χ1n) is 24.5. The van der Waals surface area contributed by atoms with Gasteiger partial charge in [0.25, 0.3) is 0 Å². The Labute approximate surface area is 372 Å². The van der Waals surface area contributed by atoms with E-state index in [0.29, 0.717) is 106 Å². The van der Waals surface area contributed by atoms with Crippen LogP contribution in [0.25, 0.3) is 0 Å². The predicted molar refractivity (Wildman–Crippen MR) is 244 cm³/mol. The standard InChI is InChI=1S/C50H90O11/c1-4-7-10-12-21-30-49(51)60-33-24-16-15-23-32-59-48(44-56-31-22-13-14-25-34-61-50(52)47(28-9-6-3)29-20-11-8-5-2)45-58-42-40-55-38-36-53-35-37-54-39-41-57-43-46-26-18-17-19-27-46/h17-19,26-27,47-48H,4-16,20-25,28-45H2,1-3H3. The van der Waals surface area contributed by atoms with Crippen molar-refractivity contribution in [3.63, 3.8) is 0 Å². The van der Waals surface area contributed by atoms with Crippen LogP contribution in [-0.2, 0) is 58.8 Å². The van der Waals surface area contributed by atoms with Gasteiger partial charge >= 0.3 is 11.9 Å². The molecular weight excluding hydrogens is 777 g/mol. The molecule has 0 saturated heterocycles. The lowest BCUT2D eigenvalue weighted by Gasteiger charge is -2.18. The third-order valence-electron chi connectivity index (χ3n) is 10.4. The molecule has 0 radical (unpaired) electrons. The zero-order valence-corrected chi connectivity index (χ0v) is 39.2. The summed E-state index contributed by atoms with van der Waals surface area (Å²) < 4.78 is 51.7. The first-order valence-corrected chi connectivity index (χ1v) is 24.5. The van der Waals surface area contributed by atoms with Crippen LogP contribution in [0.3, 0.4) is 0 Å². The molecule has 0 aliphatic carbocycles. The molecule has 0 fully saturated rings. The Morgan fingerprint density at radius 1 is 0.443 bits per heavy atom. The fraction of sp³-hybridized carbons (Fsp3) is 0.840. The van der Waals surface area contributed by atoms with Crippen LogP contribution >= 0.6 is 0 Å². The molecule has 1 aromatic carbocycles. The summed E-state index contributed by atoms with van der Waals surface area (Å²) in [6.45, 7) is 14.4. The number of ether oxygens (including phenoxy) is 9. The van der Waals surface area contributed by atoms with E-state index in [1.807, 2.05) is 30.3 Å². The van der Waals surface area contributed by atoms with E-state index in [1.54, 1.807) is 0 Å². The highest BCUT2D eigenvalue weighted by Crippen LogP contribution is 2.19. The third kappa shape index (κ3) is 39.2. The lowest BCUT2D eigenvalue weighted by atomic mass is 9.95. The quantitative estimate of drug-likeness (QED) is 0.0460. The average molecular weight is 867 g/mol. The van der Waals surface area contributed by atoms with Crippen molar-refractivity contribution in [1.29, 1.82) is 0 Å². The van der Waals surface area contributed by atoms with E-state index < -0.39 is 0 Å². The summed E-state index contributed by atoms with van der Waals surface area (Å²) in [5.74, 6) is -0.0125. The normalized spacial score (nSPS) is 12.4. The summed E-state index contributed by atoms with van der Waals surface area (Å²) in [5, 5.41) is 0. The lowest BCUT2D eigenvalue weighted by Crippen LogP contribution is -2.27. The van der Waals surface area contributed by atoms with E-state index in [4.69, 9.17) is 42.6 Å². The zero-order chi connectivity index (χ0) is 43.9. The van der Waals surface area contributed by atoms with Gasteiger partial charge in [-0.3, -0.25) is 9.59 Å². The summed E-state index contributed by atoms with van der Waals surface area (Å²) in [4.78, 5) is 24.7. The largest absolute Gasteiger partial charge is 0.466 e. The minimum Gasteiger partial charge on any atom is -0.466 e. The number of esters is 2. The van der Waals surface area contributed by atoms with E-state index in [2.05, 4.69) is 20.8 Å². The molecule has 0 amide bonds. The first-order chi connectivity index (χ1) is 30.1. The molecule has 0 N–H and O–H groups in total. The second kappa shape index (κ2) is 45.9. The summed E-state index contributed by atoms with van der Waals surface area (Å²) in [6, 6.07) is 10.1. The van der Waals surface area contributed by atoms with E-state index in [1.165, 1.54) is 38.5 Å². The highest BCUT2D eigenvalue weighted by atomic mass is 16.6. The molecule has 61 heavy (non-hydrogen) atoms. The second-order valence-electron chi connectivity index (χ2n) is 16.1. The van der Waals surface area contributed by atoms with Crippen LogP contribution in [0.5, 0.6) is 0 Å². The number of hydrogen-bond donors (Lipinski definition) is 0. The molecule has 0 aromatic heterocycles. The van der Waals surface area contributed by atoms with Crippen LogP contribution < -0.4 is 0 Å². The number of carbonyl (C=O) groups excluding carboxylic acids is 2. The van der Waals surface area contributed by atoms with E-state index in [0.717, 1.165) is 102 Å². The summed E-state index contributed by atoms with van der Waals surface area (Å²) in [6.07, 6.45) is 22.6. The zero-order valence-electron chi connectivity index (χ0n) is 39.2. The third-order valence-corrected chi connectivity index (χ3v) is 10.4. The molecule has 1 aromatic rings. The van der Waals surface area contributed by atoms with Crippen LogP contribution in [0, 0.1) is 5.92 Å². The smallest absolute Gasteiger partial charge is 0.308 e. The van der Waals surface area contributed by atoms with Crippen molar-refractivity contribution in [1.82, 2.24) is 0 Å². The highest BCUT2D eigenvalue weighted by molar-refractivity contribution is 5.72. The lowest BCUT2D eigenvalue weighted by molar-refractivity contribution is -0.149. The monoisotopic (exact) mass is 867 g/mol. The van der Waals surface area contributed by atoms with Crippen molar-refractivity contribution >= 4 is 11.9 Å². The van der Waals surface area contributed by atoms with Gasteiger partial charge in [-0.25, -0.2) is 0 Å². The van der Waals surface area contributed by atoms with Gasteiger partial charge in [0.2, 0.25) is 0 Å². The van der Waals surface area contributed by atoms with Crippen molar-refractivity contribution in [3.8, 4) is 0 Å². The van der Waals surface area contributed by atoms with Gasteiger partial charge in [0.1, 0.15) is 6.10 Å². The average Bonchev–Trinajstić information content (AvgIpc) is 3.27. The van der Waals surface area contributed by atoms with Crippen LogP contribution in [0.15, 0.2) is 30.3 Å². The molecule has 356 valence electrons. The van der Waals surface area contributed by atoms with Crippen molar-refractivity contribution in [2.24, 2.45) is 5.92 Å². The fourth-order valence-corrected chi connectivity index (χ4v) is 6.65. The van der Waals surface area contributed by atoms with Crippen molar-refractivity contribution in [2.45, 2.75) is 175 Å². The van der Waals surface area contributed by atoms with Crippen LogP contribution in [-0.4, -0.2) is 111 Å². The molecule has 0 aliphatic rings. The van der Waals surface area contributed by atoms with Gasteiger partial charge in [-0.15, -0.1) is 0 Å². The summed E-state index contributed by atoms with van der Waals surface area (Å²) in [7, 11) is 0. The maximum Gasteiger partial charge on any atom is 0.308 e. The molecular formula is C50H90O11. The van der Waals surface area contributed by atoms with Gasteiger partial charge in [-0.2, -0.15) is 0 Å². The van der Waals surface area contributed by atoms with Gasteiger partial charge in [-0.1, -0.05) is 128 Å². The Balaban J connectivity index is 2.21. The number of hydrogen-bond acceptors (Lipinski definition) is 11. The van der Waals surface area contributed by atoms with Crippen LogP contribution in [0.4, 0.5) is 0 Å². The predicted octanol–water partition coefficient (Wildman–Crippen LogP) is 11.0. The SMILES string of the molecule is CCCCCCCC(=O)OCCCCCCOC(COCCCCCCOC(=O)C(CCCC)CCCCCC)COCCOCCOCCOCCOCc1ccccc1. The van der Waals surface area contributed by atoms with Crippen LogP contribution in [0.2, 0.25) is 0 Å². The molecule has 1 rings (SSSR count). The topological polar surface area (TPSA) is 117 Å². The minimum atomic E-state index is -0.160. The Kier molecular flexibility index (Phi) is 42.8. The molecule has 2 atom stereocenters. The number of benzene rings is 1. The van der Waals surface area contributed by atoms with Crippen LogP contribution in [0.1, 0.15) is 168 Å². The Bertz CT molecular complexity index is 1060. The van der Waals surface area contributed by atoms with Gasteiger partial charge in [0, 0.05) is 19.6 Å². The van der Waals surface area contributed by atoms with Gasteiger partial charge < -0.3 is 42.6 Å². The molecule has 0 spiro atoms. The molecule has 2 unspecified atom stereocenters. The van der Waals surface area contributed by atoms with Crippen molar-refractivity contribution in [3.05, 3.63) is 35.9 Å². The summed E-state index contributed by atoms with van der Waals surface area (Å²) in [5.41, 5.74) is 1.15. The van der Waals surface area contributed by atoms with Gasteiger partial charge in [-0.05, 0) is 63.4 Å². The van der Waals surface area contributed by atoms with E-state index in [9.17, 15) is 9.59 Å². The van der Waals surface area contributed by atoms with Gasteiger partial charge in [0.05, 0.1) is 91.8 Å². The van der Waals surface area contributed by atoms with E-state index >= 15 is 0 Å². The molecule has 0 heterocycles. The minimum absolute atomic E-state index is 0.000586. The van der Waals surface area contributed by atoms with Crippen molar-refractivity contribution in [2.75, 3.05) is 92.5 Å². The Hall–Kier alpha value is -2.12. The highest BCUT2D eigenvalue weighted by Gasteiger charge is 2.19. The van der Waals surface area contributed by atoms with Crippen molar-refractivity contribution < 1.29 is 52.2 Å². The Morgan fingerprint density at radius 3 is 1.54 bits per heavy atom. The molecule has 0 aliphatic heterocycles. The number of unbranched alkanes of at least 4 members (excludes halogenated alkanes) is 14. The molecule has 11 heteroatoms. The first kappa shape index (κ1) is 56.9. The Morgan fingerprint density at radius 2 is 0.918 bits per heavy atom. The molecule has 0 bridgehead atoms. The summed E-state index contributed by atoms with van der Waals surface area (Å²) >= 11 is 0. The number of rotatable bonds is 48. The molecule has 11 nitrogen and oxygen atoms in total. The van der Waals surface area contributed by atoms with Gasteiger partial charge in [0.15, 0.2) is 0 Å².